The monoisotopic (exact) mass is 267 g/mol. The lowest BCUT2D eigenvalue weighted by Crippen LogP contribution is -2.38. The van der Waals surface area contributed by atoms with Crippen LogP contribution in [0, 0.1) is 0 Å². The van der Waals surface area contributed by atoms with Gasteiger partial charge in [0, 0.05) is 26.3 Å². The number of aromatic nitrogens is 1. The van der Waals surface area contributed by atoms with E-state index < -0.39 is 0 Å². The minimum Gasteiger partial charge on any atom is -0.344 e. The van der Waals surface area contributed by atoms with Crippen molar-refractivity contribution in [3.63, 3.8) is 0 Å². The van der Waals surface area contributed by atoms with Crippen molar-refractivity contribution in [1.29, 1.82) is 0 Å². The standard InChI is InChI=1S/C12H14ClN3O2/c1-15-5-2-6-16(8-11(15)17)12(18)9-3-4-10(13)14-7-9/h3-4,7H,2,5-6,8H2,1H3. The van der Waals surface area contributed by atoms with Gasteiger partial charge < -0.3 is 9.80 Å². The summed E-state index contributed by atoms with van der Waals surface area (Å²) in [5.74, 6) is -0.217. The summed E-state index contributed by atoms with van der Waals surface area (Å²) in [4.78, 5) is 31.0. The number of amides is 2. The fourth-order valence-electron chi connectivity index (χ4n) is 1.84. The molecule has 5 nitrogen and oxygen atoms in total. The van der Waals surface area contributed by atoms with Gasteiger partial charge in [0.15, 0.2) is 0 Å². The molecule has 1 aromatic rings. The molecule has 2 heterocycles. The van der Waals surface area contributed by atoms with E-state index in [4.69, 9.17) is 11.6 Å². The van der Waals surface area contributed by atoms with Gasteiger partial charge >= 0.3 is 0 Å². The molecule has 1 fully saturated rings. The maximum atomic E-state index is 12.2. The average molecular weight is 268 g/mol. The summed E-state index contributed by atoms with van der Waals surface area (Å²) in [7, 11) is 1.75. The number of carbonyl (C=O) groups excluding carboxylic acids is 2. The predicted molar refractivity (Wildman–Crippen MR) is 67.4 cm³/mol. The Labute approximate surface area is 110 Å². The van der Waals surface area contributed by atoms with E-state index in [-0.39, 0.29) is 18.4 Å². The molecule has 2 amide bonds. The van der Waals surface area contributed by atoms with Crippen molar-refractivity contribution >= 4 is 23.4 Å². The van der Waals surface area contributed by atoms with Crippen molar-refractivity contribution in [3.8, 4) is 0 Å². The molecule has 18 heavy (non-hydrogen) atoms. The summed E-state index contributed by atoms with van der Waals surface area (Å²) in [5.41, 5.74) is 0.455. The van der Waals surface area contributed by atoms with Gasteiger partial charge in [-0.05, 0) is 18.6 Å². The van der Waals surface area contributed by atoms with E-state index in [1.165, 1.54) is 6.20 Å². The molecule has 0 atom stereocenters. The lowest BCUT2D eigenvalue weighted by molar-refractivity contribution is -0.129. The van der Waals surface area contributed by atoms with Crippen molar-refractivity contribution in [3.05, 3.63) is 29.0 Å². The minimum absolute atomic E-state index is 0.0391. The zero-order chi connectivity index (χ0) is 13.1. The van der Waals surface area contributed by atoms with Gasteiger partial charge in [-0.1, -0.05) is 11.6 Å². The third kappa shape index (κ3) is 2.79. The first-order chi connectivity index (χ1) is 8.58. The van der Waals surface area contributed by atoms with Gasteiger partial charge in [0.25, 0.3) is 5.91 Å². The van der Waals surface area contributed by atoms with Gasteiger partial charge in [0.2, 0.25) is 5.91 Å². The zero-order valence-electron chi connectivity index (χ0n) is 10.1. The molecule has 0 bridgehead atoms. The molecule has 0 spiro atoms. The first-order valence-electron chi connectivity index (χ1n) is 5.73. The van der Waals surface area contributed by atoms with Gasteiger partial charge in [0.05, 0.1) is 5.56 Å². The van der Waals surface area contributed by atoms with Crippen LogP contribution in [0.15, 0.2) is 18.3 Å². The van der Waals surface area contributed by atoms with E-state index in [1.54, 1.807) is 29.0 Å². The topological polar surface area (TPSA) is 53.5 Å². The Hall–Kier alpha value is -1.62. The predicted octanol–water partition coefficient (Wildman–Crippen LogP) is 1.04. The first kappa shape index (κ1) is 12.8. The van der Waals surface area contributed by atoms with Crippen LogP contribution < -0.4 is 0 Å². The van der Waals surface area contributed by atoms with E-state index in [2.05, 4.69) is 4.98 Å². The molecule has 0 saturated carbocycles. The Balaban J connectivity index is 2.13. The van der Waals surface area contributed by atoms with Gasteiger partial charge in [-0.15, -0.1) is 0 Å². The summed E-state index contributed by atoms with van der Waals surface area (Å²) in [6.07, 6.45) is 2.22. The van der Waals surface area contributed by atoms with Gasteiger partial charge in [-0.2, -0.15) is 0 Å². The second-order valence-electron chi connectivity index (χ2n) is 4.27. The normalized spacial score (nSPS) is 16.7. The van der Waals surface area contributed by atoms with Crippen LogP contribution in [0.25, 0.3) is 0 Å². The van der Waals surface area contributed by atoms with E-state index in [0.717, 1.165) is 6.42 Å². The van der Waals surface area contributed by atoms with Crippen molar-refractivity contribution < 1.29 is 9.59 Å². The molecule has 0 aliphatic carbocycles. The number of pyridine rings is 1. The quantitative estimate of drug-likeness (QED) is 0.715. The number of carbonyl (C=O) groups is 2. The van der Waals surface area contributed by atoms with Crippen LogP contribution in [-0.4, -0.2) is 53.3 Å². The highest BCUT2D eigenvalue weighted by molar-refractivity contribution is 6.29. The maximum Gasteiger partial charge on any atom is 0.255 e. The molecule has 0 radical (unpaired) electrons. The number of likely N-dealkylation sites (N-methyl/N-ethyl adjacent to an activating group) is 1. The van der Waals surface area contributed by atoms with Gasteiger partial charge in [-0.3, -0.25) is 9.59 Å². The minimum atomic E-state index is -0.178. The summed E-state index contributed by atoms with van der Waals surface area (Å²) < 4.78 is 0. The number of hydrogen-bond acceptors (Lipinski definition) is 3. The molecule has 1 aliphatic heterocycles. The van der Waals surface area contributed by atoms with Crippen LogP contribution in [0.1, 0.15) is 16.8 Å². The van der Waals surface area contributed by atoms with Crippen molar-refractivity contribution in [2.24, 2.45) is 0 Å². The second-order valence-corrected chi connectivity index (χ2v) is 4.65. The molecule has 6 heteroatoms. The van der Waals surface area contributed by atoms with Crippen LogP contribution in [0.2, 0.25) is 5.15 Å². The van der Waals surface area contributed by atoms with Crippen LogP contribution in [0.3, 0.4) is 0 Å². The van der Waals surface area contributed by atoms with E-state index in [1.807, 2.05) is 0 Å². The Bertz CT molecular complexity index is 461. The van der Waals surface area contributed by atoms with E-state index in [0.29, 0.717) is 23.8 Å². The third-order valence-corrected chi connectivity index (χ3v) is 3.16. The largest absolute Gasteiger partial charge is 0.344 e. The summed E-state index contributed by atoms with van der Waals surface area (Å²) >= 11 is 5.67. The number of nitrogens with zero attached hydrogens (tertiary/aromatic N) is 3. The summed E-state index contributed by atoms with van der Waals surface area (Å²) in [6.45, 7) is 1.39. The Kier molecular flexibility index (Phi) is 3.81. The van der Waals surface area contributed by atoms with Crippen molar-refractivity contribution in [1.82, 2.24) is 14.8 Å². The zero-order valence-corrected chi connectivity index (χ0v) is 10.9. The second kappa shape index (κ2) is 5.35. The highest BCUT2D eigenvalue weighted by Gasteiger charge is 2.23. The average Bonchev–Trinajstić information content (AvgIpc) is 2.52. The fraction of sp³-hybridized carbons (Fsp3) is 0.417. The van der Waals surface area contributed by atoms with E-state index >= 15 is 0 Å². The first-order valence-corrected chi connectivity index (χ1v) is 6.10. The molecular weight excluding hydrogens is 254 g/mol. The van der Waals surface area contributed by atoms with Crippen LogP contribution in [0.4, 0.5) is 0 Å². The van der Waals surface area contributed by atoms with Crippen LogP contribution >= 0.6 is 11.6 Å². The summed E-state index contributed by atoms with van der Waals surface area (Å²) in [6, 6.07) is 3.19. The molecule has 2 rings (SSSR count). The lowest BCUT2D eigenvalue weighted by atomic mass is 10.2. The van der Waals surface area contributed by atoms with Gasteiger partial charge in [-0.25, -0.2) is 4.98 Å². The Morgan fingerprint density at radius 3 is 2.83 bits per heavy atom. The van der Waals surface area contributed by atoms with E-state index in [9.17, 15) is 9.59 Å². The molecule has 1 aromatic heterocycles. The number of hydrogen-bond donors (Lipinski definition) is 0. The third-order valence-electron chi connectivity index (χ3n) is 2.93. The maximum absolute atomic E-state index is 12.2. The van der Waals surface area contributed by atoms with Crippen LogP contribution in [-0.2, 0) is 4.79 Å². The lowest BCUT2D eigenvalue weighted by Gasteiger charge is -2.19. The fourth-order valence-corrected chi connectivity index (χ4v) is 1.96. The summed E-state index contributed by atoms with van der Waals surface area (Å²) in [5, 5.41) is 0.346. The number of halogens is 1. The molecule has 0 aromatic carbocycles. The number of rotatable bonds is 1. The van der Waals surface area contributed by atoms with Crippen molar-refractivity contribution in [2.45, 2.75) is 6.42 Å². The van der Waals surface area contributed by atoms with Crippen molar-refractivity contribution in [2.75, 3.05) is 26.7 Å². The Morgan fingerprint density at radius 2 is 2.17 bits per heavy atom. The highest BCUT2D eigenvalue weighted by Crippen LogP contribution is 2.10. The molecule has 0 unspecified atom stereocenters. The highest BCUT2D eigenvalue weighted by atomic mass is 35.5. The molecular formula is C12H14ClN3O2. The molecule has 0 N–H and O–H groups in total. The smallest absolute Gasteiger partial charge is 0.255 e. The molecule has 1 saturated heterocycles. The molecule has 1 aliphatic rings. The SMILES string of the molecule is CN1CCCN(C(=O)c2ccc(Cl)nc2)CC1=O. The Morgan fingerprint density at radius 1 is 1.39 bits per heavy atom. The molecule has 96 valence electrons. The van der Waals surface area contributed by atoms with Gasteiger partial charge in [0.1, 0.15) is 11.7 Å². The van der Waals surface area contributed by atoms with Crippen LogP contribution in [0.5, 0.6) is 0 Å².